The average molecular weight is 321 g/mol. The molecule has 0 aromatic heterocycles. The van der Waals surface area contributed by atoms with Gasteiger partial charge in [-0.15, -0.1) is 18.3 Å². The lowest BCUT2D eigenvalue weighted by Crippen LogP contribution is -2.48. The van der Waals surface area contributed by atoms with Crippen LogP contribution in [0.5, 0.6) is 0 Å². The van der Waals surface area contributed by atoms with Gasteiger partial charge in [0.15, 0.2) is 0 Å². The second-order valence-corrected chi connectivity index (χ2v) is 7.57. The highest BCUT2D eigenvalue weighted by Gasteiger charge is 2.30. The fourth-order valence-electron chi connectivity index (χ4n) is 3.27. The number of nitrogens with one attached hydrogen (secondary N) is 2. The van der Waals surface area contributed by atoms with Crippen molar-refractivity contribution in [2.45, 2.75) is 57.0 Å². The first-order valence-electron chi connectivity index (χ1n) is 8.20. The predicted octanol–water partition coefficient (Wildman–Crippen LogP) is 3.75. The number of amides is 1. The monoisotopic (exact) mass is 320 g/mol. The van der Waals surface area contributed by atoms with Crippen molar-refractivity contribution in [2.24, 2.45) is 5.92 Å². The van der Waals surface area contributed by atoms with Gasteiger partial charge in [-0.25, -0.2) is 0 Å². The van der Waals surface area contributed by atoms with E-state index in [1.807, 2.05) is 13.1 Å². The summed E-state index contributed by atoms with van der Waals surface area (Å²) in [4.78, 5) is 13.9. The van der Waals surface area contributed by atoms with Crippen LogP contribution in [0, 0.1) is 5.92 Å². The summed E-state index contributed by atoms with van der Waals surface area (Å²) >= 11 is 1.75. The van der Waals surface area contributed by atoms with Crippen molar-refractivity contribution in [1.29, 1.82) is 0 Å². The van der Waals surface area contributed by atoms with Gasteiger partial charge in [0.2, 0.25) is 5.91 Å². The molecule has 0 bridgehead atoms. The maximum absolute atomic E-state index is 12.6. The number of carbonyl (C=O) groups excluding carboxylic acids is 1. The molecule has 0 unspecified atom stereocenters. The van der Waals surface area contributed by atoms with Crippen LogP contribution in [0.15, 0.2) is 35.1 Å². The molecule has 0 aromatic carbocycles. The second-order valence-electron chi connectivity index (χ2n) is 6.54. The van der Waals surface area contributed by atoms with E-state index in [0.29, 0.717) is 6.04 Å². The van der Waals surface area contributed by atoms with Crippen LogP contribution in [0.2, 0.25) is 0 Å². The zero-order valence-corrected chi connectivity index (χ0v) is 14.5. The number of thioether (sulfide) groups is 1. The van der Waals surface area contributed by atoms with Gasteiger partial charge < -0.3 is 10.6 Å². The molecule has 2 rings (SSSR count). The third-order valence-electron chi connectivity index (χ3n) is 4.60. The van der Waals surface area contributed by atoms with Crippen LogP contribution < -0.4 is 10.6 Å². The van der Waals surface area contributed by atoms with E-state index in [1.54, 1.807) is 11.8 Å². The summed E-state index contributed by atoms with van der Waals surface area (Å²) in [5.74, 6) is 0.355. The lowest BCUT2D eigenvalue weighted by atomic mass is 9.84. The summed E-state index contributed by atoms with van der Waals surface area (Å²) in [5.41, 5.74) is -0.326. The molecule has 1 heterocycles. The normalized spacial score (nSPS) is 29.3. The molecule has 0 radical (unpaired) electrons. The molecule has 22 heavy (non-hydrogen) atoms. The van der Waals surface area contributed by atoms with E-state index in [9.17, 15) is 4.79 Å². The molecule has 1 aliphatic carbocycles. The van der Waals surface area contributed by atoms with E-state index in [0.717, 1.165) is 38.5 Å². The molecule has 1 saturated carbocycles. The molecule has 1 atom stereocenters. The number of hydrogen-bond acceptors (Lipinski definition) is 3. The molecule has 0 saturated heterocycles. The van der Waals surface area contributed by atoms with E-state index in [-0.39, 0.29) is 17.4 Å². The number of hydrogen-bond donors (Lipinski definition) is 2. The van der Waals surface area contributed by atoms with Crippen LogP contribution in [0.3, 0.4) is 0 Å². The molecular formula is C18H28N2OS. The largest absolute Gasteiger partial charge is 0.347 e. The average Bonchev–Trinajstić information content (AvgIpc) is 2.99. The lowest BCUT2D eigenvalue weighted by molar-refractivity contribution is -0.127. The summed E-state index contributed by atoms with van der Waals surface area (Å²) in [6.07, 6.45) is 12.1. The van der Waals surface area contributed by atoms with Crippen molar-refractivity contribution in [3.05, 3.63) is 35.1 Å². The molecular weight excluding hydrogens is 292 g/mol. The molecule has 122 valence electrons. The summed E-state index contributed by atoms with van der Waals surface area (Å²) in [7, 11) is 2.01. The van der Waals surface area contributed by atoms with Gasteiger partial charge in [-0.3, -0.25) is 4.79 Å². The Bertz CT molecular complexity index is 454. The van der Waals surface area contributed by atoms with Crippen molar-refractivity contribution in [1.82, 2.24) is 10.6 Å². The quantitative estimate of drug-likeness (QED) is 0.732. The van der Waals surface area contributed by atoms with Crippen molar-refractivity contribution < 1.29 is 4.79 Å². The maximum Gasteiger partial charge on any atom is 0.223 e. The van der Waals surface area contributed by atoms with Crippen LogP contribution >= 0.6 is 11.8 Å². The first-order chi connectivity index (χ1) is 10.6. The van der Waals surface area contributed by atoms with Crippen molar-refractivity contribution in [3.8, 4) is 0 Å². The minimum absolute atomic E-state index is 0.154. The van der Waals surface area contributed by atoms with E-state index in [1.165, 1.54) is 4.91 Å². The van der Waals surface area contributed by atoms with Gasteiger partial charge in [0.05, 0.1) is 5.54 Å². The van der Waals surface area contributed by atoms with Gasteiger partial charge in [-0.05, 0) is 68.9 Å². The van der Waals surface area contributed by atoms with Gasteiger partial charge in [-0.2, -0.15) is 0 Å². The van der Waals surface area contributed by atoms with Crippen LogP contribution in [-0.2, 0) is 4.79 Å². The Morgan fingerprint density at radius 1 is 1.45 bits per heavy atom. The molecule has 2 N–H and O–H groups in total. The van der Waals surface area contributed by atoms with E-state index < -0.39 is 0 Å². The van der Waals surface area contributed by atoms with Crippen LogP contribution in [-0.4, -0.2) is 24.5 Å². The highest BCUT2D eigenvalue weighted by Crippen LogP contribution is 2.32. The first kappa shape index (κ1) is 17.4. The molecule has 1 fully saturated rings. The summed E-state index contributed by atoms with van der Waals surface area (Å²) in [6.45, 7) is 5.94. The van der Waals surface area contributed by atoms with Crippen LogP contribution in [0.25, 0.3) is 0 Å². The number of carbonyl (C=O) groups is 1. The number of allylic oxidation sites excluding steroid dienone is 2. The van der Waals surface area contributed by atoms with Gasteiger partial charge in [0, 0.05) is 12.0 Å². The van der Waals surface area contributed by atoms with Gasteiger partial charge in [0.25, 0.3) is 0 Å². The SMILES string of the molecule is C=CC[C@](C)(/C=C1\CC=CS1)NC(=O)C1CCC(NC)CC1. The Balaban J connectivity index is 1.96. The minimum Gasteiger partial charge on any atom is -0.347 e. The summed E-state index contributed by atoms with van der Waals surface area (Å²) < 4.78 is 0. The Morgan fingerprint density at radius 3 is 2.73 bits per heavy atom. The van der Waals surface area contributed by atoms with Gasteiger partial charge in [-0.1, -0.05) is 12.2 Å². The fraction of sp³-hybridized carbons (Fsp3) is 0.611. The predicted molar refractivity (Wildman–Crippen MR) is 95.6 cm³/mol. The number of rotatable bonds is 6. The van der Waals surface area contributed by atoms with Crippen LogP contribution in [0.4, 0.5) is 0 Å². The third-order valence-corrected chi connectivity index (χ3v) is 5.51. The lowest BCUT2D eigenvalue weighted by Gasteiger charge is -2.32. The Labute approximate surface area is 138 Å². The molecule has 1 aliphatic heterocycles. The molecule has 3 nitrogen and oxygen atoms in total. The zero-order valence-electron chi connectivity index (χ0n) is 13.7. The van der Waals surface area contributed by atoms with Crippen molar-refractivity contribution >= 4 is 17.7 Å². The smallest absolute Gasteiger partial charge is 0.223 e. The van der Waals surface area contributed by atoms with Gasteiger partial charge in [0.1, 0.15) is 0 Å². The summed E-state index contributed by atoms with van der Waals surface area (Å²) in [6, 6.07) is 0.576. The highest BCUT2D eigenvalue weighted by molar-refractivity contribution is 8.06. The Kier molecular flexibility index (Phi) is 6.33. The van der Waals surface area contributed by atoms with Gasteiger partial charge >= 0.3 is 0 Å². The molecule has 0 aromatic rings. The molecule has 1 amide bonds. The van der Waals surface area contributed by atoms with Crippen molar-refractivity contribution in [3.63, 3.8) is 0 Å². The minimum atomic E-state index is -0.326. The standard InChI is InChI=1S/C18H28N2OS/c1-4-11-18(2,13-16-6-5-12-22-16)20-17(21)14-7-9-15(19-3)10-8-14/h4-5,12-15,19H,1,6-11H2,2-3H3,(H,20,21)/b16-13+/t14?,15?,18-/m1/s1. The fourth-order valence-corrected chi connectivity index (χ4v) is 4.16. The second kappa shape index (κ2) is 8.02. The zero-order chi connectivity index (χ0) is 16.0. The Hall–Kier alpha value is -1.00. The topological polar surface area (TPSA) is 41.1 Å². The van der Waals surface area contributed by atoms with E-state index in [4.69, 9.17) is 0 Å². The Morgan fingerprint density at radius 2 is 2.18 bits per heavy atom. The van der Waals surface area contributed by atoms with Crippen LogP contribution in [0.1, 0.15) is 45.4 Å². The highest BCUT2D eigenvalue weighted by atomic mass is 32.2. The van der Waals surface area contributed by atoms with E-state index >= 15 is 0 Å². The molecule has 0 spiro atoms. The molecule has 2 aliphatic rings. The third kappa shape index (κ3) is 4.75. The first-order valence-corrected chi connectivity index (χ1v) is 9.08. The van der Waals surface area contributed by atoms with E-state index in [2.05, 4.69) is 41.7 Å². The van der Waals surface area contributed by atoms with Crippen molar-refractivity contribution in [2.75, 3.05) is 7.05 Å². The molecule has 4 heteroatoms. The maximum atomic E-state index is 12.6. The summed E-state index contributed by atoms with van der Waals surface area (Å²) in [5, 5.41) is 8.70.